The molecule has 0 aliphatic carbocycles. The van der Waals surface area contributed by atoms with Crippen molar-refractivity contribution in [1.82, 2.24) is 10.6 Å². The predicted molar refractivity (Wildman–Crippen MR) is 101 cm³/mol. The Labute approximate surface area is 154 Å². The summed E-state index contributed by atoms with van der Waals surface area (Å²) in [5.41, 5.74) is 2.13. The van der Waals surface area contributed by atoms with Crippen molar-refractivity contribution in [3.63, 3.8) is 0 Å². The van der Waals surface area contributed by atoms with Crippen LogP contribution in [0.4, 0.5) is 4.79 Å². The lowest BCUT2D eigenvalue weighted by atomic mass is 10.1. The van der Waals surface area contributed by atoms with Gasteiger partial charge in [0.1, 0.15) is 0 Å². The molecule has 0 heterocycles. The van der Waals surface area contributed by atoms with Crippen LogP contribution in [0.3, 0.4) is 0 Å². The molecule has 140 valence electrons. The van der Waals surface area contributed by atoms with Crippen molar-refractivity contribution in [2.75, 3.05) is 27.9 Å². The Morgan fingerprint density at radius 3 is 2.12 bits per heavy atom. The van der Waals surface area contributed by atoms with Crippen molar-refractivity contribution >= 4 is 6.03 Å². The highest BCUT2D eigenvalue weighted by Crippen LogP contribution is 2.38. The van der Waals surface area contributed by atoms with Crippen LogP contribution in [0.5, 0.6) is 17.2 Å². The first-order valence-corrected chi connectivity index (χ1v) is 8.52. The summed E-state index contributed by atoms with van der Waals surface area (Å²) in [5, 5.41) is 5.70. The molecule has 0 unspecified atom stereocenters. The van der Waals surface area contributed by atoms with E-state index in [1.807, 2.05) is 30.3 Å². The van der Waals surface area contributed by atoms with Crippen LogP contribution < -0.4 is 24.8 Å². The number of nitrogens with one attached hydrogen (secondary N) is 2. The molecule has 0 aliphatic heterocycles. The monoisotopic (exact) mass is 358 g/mol. The van der Waals surface area contributed by atoms with Gasteiger partial charge >= 0.3 is 6.03 Å². The molecule has 0 radical (unpaired) electrons. The number of benzene rings is 2. The molecule has 0 fully saturated rings. The van der Waals surface area contributed by atoms with Gasteiger partial charge in [-0.15, -0.1) is 0 Å². The van der Waals surface area contributed by atoms with Crippen LogP contribution in [0, 0.1) is 0 Å². The third-order valence-corrected chi connectivity index (χ3v) is 3.95. The molecule has 0 saturated heterocycles. The normalized spacial score (nSPS) is 10.1. The van der Waals surface area contributed by atoms with Crippen LogP contribution in [0.15, 0.2) is 42.5 Å². The van der Waals surface area contributed by atoms with E-state index >= 15 is 0 Å². The molecule has 0 saturated carbocycles. The number of carbonyl (C=O) groups excluding carboxylic acids is 1. The van der Waals surface area contributed by atoms with E-state index in [2.05, 4.69) is 22.8 Å². The van der Waals surface area contributed by atoms with Gasteiger partial charge in [0.05, 0.1) is 21.3 Å². The molecule has 2 aromatic carbocycles. The number of hydrogen-bond acceptors (Lipinski definition) is 4. The van der Waals surface area contributed by atoms with Crippen molar-refractivity contribution in [2.45, 2.75) is 19.4 Å². The maximum Gasteiger partial charge on any atom is 0.315 e. The van der Waals surface area contributed by atoms with Gasteiger partial charge in [0.25, 0.3) is 0 Å². The minimum absolute atomic E-state index is 0.202. The van der Waals surface area contributed by atoms with E-state index in [-0.39, 0.29) is 6.03 Å². The highest BCUT2D eigenvalue weighted by molar-refractivity contribution is 5.73. The van der Waals surface area contributed by atoms with Gasteiger partial charge in [0.15, 0.2) is 11.5 Å². The lowest BCUT2D eigenvalue weighted by molar-refractivity contribution is 0.240. The van der Waals surface area contributed by atoms with Crippen LogP contribution in [-0.2, 0) is 13.0 Å². The van der Waals surface area contributed by atoms with Crippen molar-refractivity contribution in [2.24, 2.45) is 0 Å². The second-order valence-corrected chi connectivity index (χ2v) is 5.73. The first kappa shape index (κ1) is 19.4. The number of hydrogen-bond donors (Lipinski definition) is 2. The fourth-order valence-electron chi connectivity index (χ4n) is 2.62. The van der Waals surface area contributed by atoms with Crippen LogP contribution in [0.2, 0.25) is 0 Å². The molecule has 2 amide bonds. The molecule has 0 aliphatic rings. The van der Waals surface area contributed by atoms with Crippen molar-refractivity contribution < 1.29 is 19.0 Å². The largest absolute Gasteiger partial charge is 0.493 e. The van der Waals surface area contributed by atoms with Crippen LogP contribution in [-0.4, -0.2) is 33.9 Å². The van der Waals surface area contributed by atoms with Gasteiger partial charge in [-0.2, -0.15) is 0 Å². The molecule has 2 N–H and O–H groups in total. The van der Waals surface area contributed by atoms with Gasteiger partial charge < -0.3 is 24.8 Å². The van der Waals surface area contributed by atoms with E-state index in [0.717, 1.165) is 18.4 Å². The fraction of sp³-hybridized carbons (Fsp3) is 0.350. The number of methoxy groups -OCH3 is 3. The lowest BCUT2D eigenvalue weighted by Gasteiger charge is -2.14. The van der Waals surface area contributed by atoms with Gasteiger partial charge in [-0.1, -0.05) is 30.3 Å². The molecule has 2 aromatic rings. The Morgan fingerprint density at radius 2 is 1.54 bits per heavy atom. The zero-order valence-electron chi connectivity index (χ0n) is 15.5. The second kappa shape index (κ2) is 10.2. The molecule has 0 aromatic heterocycles. The van der Waals surface area contributed by atoms with Gasteiger partial charge in [0, 0.05) is 13.1 Å². The highest BCUT2D eigenvalue weighted by atomic mass is 16.5. The summed E-state index contributed by atoms with van der Waals surface area (Å²) in [7, 11) is 4.68. The molecule has 0 bridgehead atoms. The Hall–Kier alpha value is -2.89. The van der Waals surface area contributed by atoms with Crippen LogP contribution in [0.1, 0.15) is 17.5 Å². The van der Waals surface area contributed by atoms with E-state index in [1.54, 1.807) is 21.3 Å². The summed E-state index contributed by atoms with van der Waals surface area (Å²) in [6, 6.07) is 13.6. The average molecular weight is 358 g/mol. The third kappa shape index (κ3) is 5.58. The van der Waals surface area contributed by atoms with Gasteiger partial charge in [-0.3, -0.25) is 0 Å². The minimum atomic E-state index is -0.202. The van der Waals surface area contributed by atoms with Gasteiger partial charge in [0.2, 0.25) is 5.75 Å². The number of aryl methyl sites for hydroxylation is 1. The number of carbonyl (C=O) groups is 1. The van der Waals surface area contributed by atoms with Gasteiger partial charge in [-0.25, -0.2) is 4.79 Å². The zero-order valence-corrected chi connectivity index (χ0v) is 15.5. The Morgan fingerprint density at radius 1 is 0.885 bits per heavy atom. The summed E-state index contributed by atoms with van der Waals surface area (Å²) < 4.78 is 15.9. The Balaban J connectivity index is 1.79. The standard InChI is InChI=1S/C20H26N2O4/c1-24-17-12-16(13-18(25-2)19(17)26-3)14-22-20(23)21-11-7-10-15-8-5-4-6-9-15/h4-6,8-9,12-13H,7,10-11,14H2,1-3H3,(H2,21,22,23). The van der Waals surface area contributed by atoms with Crippen LogP contribution in [0.25, 0.3) is 0 Å². The maximum absolute atomic E-state index is 12.0. The molecule has 6 heteroatoms. The van der Waals surface area contributed by atoms with Crippen molar-refractivity contribution in [3.05, 3.63) is 53.6 Å². The van der Waals surface area contributed by atoms with E-state index in [1.165, 1.54) is 5.56 Å². The van der Waals surface area contributed by atoms with Crippen molar-refractivity contribution in [1.29, 1.82) is 0 Å². The smallest absolute Gasteiger partial charge is 0.315 e. The van der Waals surface area contributed by atoms with E-state index < -0.39 is 0 Å². The average Bonchev–Trinajstić information content (AvgIpc) is 2.69. The predicted octanol–water partition coefficient (Wildman–Crippen LogP) is 3.14. The molecular formula is C20H26N2O4. The van der Waals surface area contributed by atoms with Gasteiger partial charge in [-0.05, 0) is 36.1 Å². The topological polar surface area (TPSA) is 68.8 Å². The molecule has 6 nitrogen and oxygen atoms in total. The van der Waals surface area contributed by atoms with E-state index in [4.69, 9.17) is 14.2 Å². The SMILES string of the molecule is COc1cc(CNC(=O)NCCCc2ccccc2)cc(OC)c1OC. The fourth-order valence-corrected chi connectivity index (χ4v) is 2.62. The summed E-state index contributed by atoms with van der Waals surface area (Å²) >= 11 is 0. The van der Waals surface area contributed by atoms with Crippen LogP contribution >= 0.6 is 0 Å². The number of ether oxygens (including phenoxy) is 3. The quantitative estimate of drug-likeness (QED) is 0.676. The summed E-state index contributed by atoms with van der Waals surface area (Å²) in [6.45, 7) is 0.983. The Kier molecular flexibility index (Phi) is 7.61. The first-order chi connectivity index (χ1) is 12.7. The third-order valence-electron chi connectivity index (χ3n) is 3.95. The molecule has 26 heavy (non-hydrogen) atoms. The van der Waals surface area contributed by atoms with E-state index in [9.17, 15) is 4.79 Å². The summed E-state index contributed by atoms with van der Waals surface area (Å²) in [5.74, 6) is 1.66. The zero-order chi connectivity index (χ0) is 18.8. The maximum atomic E-state index is 12.0. The molecule has 0 spiro atoms. The summed E-state index contributed by atoms with van der Waals surface area (Å²) in [6.07, 6.45) is 1.83. The lowest BCUT2D eigenvalue weighted by Crippen LogP contribution is -2.35. The number of rotatable bonds is 9. The van der Waals surface area contributed by atoms with E-state index in [0.29, 0.717) is 30.3 Å². The molecule has 2 rings (SSSR count). The molecule has 0 atom stereocenters. The number of urea groups is 1. The summed E-state index contributed by atoms with van der Waals surface area (Å²) in [4.78, 5) is 12.0. The number of amides is 2. The minimum Gasteiger partial charge on any atom is -0.493 e. The highest BCUT2D eigenvalue weighted by Gasteiger charge is 2.13. The first-order valence-electron chi connectivity index (χ1n) is 8.52. The second-order valence-electron chi connectivity index (χ2n) is 5.73. The molecular weight excluding hydrogens is 332 g/mol. The Bertz CT molecular complexity index is 679. The van der Waals surface area contributed by atoms with Crippen molar-refractivity contribution in [3.8, 4) is 17.2 Å².